The van der Waals surface area contributed by atoms with Crippen LogP contribution in [0.1, 0.15) is 10.4 Å². The fourth-order valence-electron chi connectivity index (χ4n) is 4.66. The van der Waals surface area contributed by atoms with Crippen molar-refractivity contribution < 1.29 is 14.6 Å². The summed E-state index contributed by atoms with van der Waals surface area (Å²) in [5, 5.41) is 24.0. The fraction of sp³-hybridized carbons (Fsp3) is 0. The second-order valence-electron chi connectivity index (χ2n) is 7.90. The Morgan fingerprint density at radius 1 is 0.771 bits per heavy atom. The third-order valence-corrected chi connectivity index (χ3v) is 8.06. The van der Waals surface area contributed by atoms with Crippen LogP contribution in [0.25, 0.3) is 37.2 Å². The Bertz CT molecular complexity index is 1950. The fourth-order valence-corrected chi connectivity index (χ4v) is 6.49. The molecule has 1 aliphatic rings. The maximum atomic E-state index is 13.6. The summed E-state index contributed by atoms with van der Waals surface area (Å²) in [7, 11) is 0. The zero-order valence-electron chi connectivity index (χ0n) is 17.1. The first-order valence-electron chi connectivity index (χ1n) is 10.0. The number of nitro benzene ring substituents is 2. The number of nitrogens with zero attached hydrogens (tertiary/aromatic N) is 2. The van der Waals surface area contributed by atoms with Crippen LogP contribution in [-0.4, -0.2) is 15.6 Å². The molecule has 170 valence electrons. The second kappa shape index (κ2) is 7.35. The largest absolute Gasteiger partial charge is 0.289 e. The minimum atomic E-state index is -0.789. The van der Waals surface area contributed by atoms with Gasteiger partial charge in [0.15, 0.2) is 5.43 Å². The molecule has 0 saturated carbocycles. The van der Waals surface area contributed by atoms with Crippen molar-refractivity contribution >= 4 is 89.3 Å². The lowest BCUT2D eigenvalue weighted by molar-refractivity contribution is -0.384. The summed E-state index contributed by atoms with van der Waals surface area (Å²) in [4.78, 5) is 49.8. The van der Waals surface area contributed by atoms with Crippen molar-refractivity contribution in [2.24, 2.45) is 0 Å². The molecule has 0 fully saturated rings. The van der Waals surface area contributed by atoms with Gasteiger partial charge in [-0.25, -0.2) is 0 Å². The maximum absolute atomic E-state index is 13.6. The van der Waals surface area contributed by atoms with Gasteiger partial charge in [0.05, 0.1) is 14.8 Å². The van der Waals surface area contributed by atoms with E-state index in [1.165, 1.54) is 0 Å². The lowest BCUT2D eigenvalue weighted by atomic mass is 10.0. The third kappa shape index (κ3) is 2.83. The predicted molar refractivity (Wildman–Crippen MR) is 135 cm³/mol. The van der Waals surface area contributed by atoms with Gasteiger partial charge in [-0.15, -0.1) is 0 Å². The Morgan fingerprint density at radius 3 is 2.06 bits per heavy atom. The summed E-state index contributed by atoms with van der Waals surface area (Å²) in [6.45, 7) is 0. The average Bonchev–Trinajstić information content (AvgIpc) is 3.30. The number of halogens is 2. The van der Waals surface area contributed by atoms with Crippen molar-refractivity contribution in [2.45, 2.75) is 4.90 Å². The molecule has 0 radical (unpaired) electrons. The predicted octanol–water partition coefficient (Wildman–Crippen LogP) is 5.88. The van der Waals surface area contributed by atoms with Gasteiger partial charge < -0.3 is 0 Å². The van der Waals surface area contributed by atoms with Crippen LogP contribution in [-0.2, 0) is 0 Å². The van der Waals surface area contributed by atoms with Gasteiger partial charge in [0.25, 0.3) is 11.4 Å². The van der Waals surface area contributed by atoms with Crippen molar-refractivity contribution in [2.75, 3.05) is 0 Å². The number of Topliss-reactive ketones (excluding diaryl/α,β-unsaturated/α-hetero) is 1. The van der Waals surface area contributed by atoms with Gasteiger partial charge in [-0.05, 0) is 16.8 Å². The van der Waals surface area contributed by atoms with E-state index >= 15 is 0 Å². The van der Waals surface area contributed by atoms with Crippen LogP contribution in [0.15, 0.2) is 58.2 Å². The van der Waals surface area contributed by atoms with Crippen LogP contribution in [0.4, 0.5) is 11.4 Å². The highest BCUT2D eigenvalue weighted by atomic mass is 35.5. The molecule has 0 aliphatic carbocycles. The number of rotatable bonds is 2. The van der Waals surface area contributed by atoms with E-state index in [4.69, 9.17) is 23.2 Å². The van der Waals surface area contributed by atoms with Crippen molar-refractivity contribution in [1.82, 2.24) is 0 Å². The van der Waals surface area contributed by atoms with E-state index in [0.717, 1.165) is 29.3 Å². The summed E-state index contributed by atoms with van der Waals surface area (Å²) in [5.74, 6) is -0.399. The SMILES string of the molecule is O=C1/C(=c2\c(=O)c3cc([N+](=O)[O-])c(Cl)c4c(Cl)c([N+](=O)[O-])cc2c43)Sc2ccc3ccccc3c21. The minimum absolute atomic E-state index is 0.0587. The van der Waals surface area contributed by atoms with Gasteiger partial charge in [-0.3, -0.25) is 29.8 Å². The number of nitro groups is 2. The molecule has 5 aromatic carbocycles. The van der Waals surface area contributed by atoms with E-state index in [1.807, 2.05) is 18.2 Å². The quantitative estimate of drug-likeness (QED) is 0.209. The van der Waals surface area contributed by atoms with Crippen LogP contribution in [0.3, 0.4) is 0 Å². The van der Waals surface area contributed by atoms with Gasteiger partial charge in [0.1, 0.15) is 10.0 Å². The summed E-state index contributed by atoms with van der Waals surface area (Å²) in [6, 6.07) is 13.1. The molecule has 0 spiro atoms. The van der Waals surface area contributed by atoms with Crippen LogP contribution in [0, 0.1) is 20.2 Å². The Hall–Kier alpha value is -3.79. The number of thioether (sulfide) groups is 1. The molecule has 1 heterocycles. The van der Waals surface area contributed by atoms with E-state index < -0.39 is 42.5 Å². The zero-order chi connectivity index (χ0) is 24.8. The van der Waals surface area contributed by atoms with Gasteiger partial charge in [-0.2, -0.15) is 0 Å². The number of hydrogen-bond donors (Lipinski definition) is 0. The average molecular weight is 523 g/mol. The number of carbonyl (C=O) groups is 1. The molecule has 5 aromatic rings. The molecule has 0 unspecified atom stereocenters. The topological polar surface area (TPSA) is 120 Å². The molecule has 0 amide bonds. The maximum Gasteiger partial charge on any atom is 0.289 e. The molecule has 0 atom stereocenters. The smallest absolute Gasteiger partial charge is 0.289 e. The first-order valence-corrected chi connectivity index (χ1v) is 11.6. The number of carbonyl (C=O) groups excluding carboxylic acids is 1. The third-order valence-electron chi connectivity index (χ3n) is 6.14. The summed E-state index contributed by atoms with van der Waals surface area (Å²) in [6.07, 6.45) is 0. The Kier molecular flexibility index (Phi) is 4.56. The van der Waals surface area contributed by atoms with Gasteiger partial charge >= 0.3 is 0 Å². The van der Waals surface area contributed by atoms with Crippen molar-refractivity contribution in [3.63, 3.8) is 0 Å². The zero-order valence-corrected chi connectivity index (χ0v) is 19.5. The van der Waals surface area contributed by atoms with Crippen LogP contribution >= 0.6 is 35.0 Å². The normalized spacial score (nSPS) is 14.9. The molecule has 6 rings (SSSR count). The Balaban J connectivity index is 1.83. The number of fused-ring (bicyclic) bond motifs is 3. The first kappa shape index (κ1) is 21.7. The van der Waals surface area contributed by atoms with Crippen LogP contribution in [0.2, 0.25) is 10.0 Å². The molecule has 8 nitrogen and oxygen atoms in total. The summed E-state index contributed by atoms with van der Waals surface area (Å²) >= 11 is 13.6. The minimum Gasteiger partial charge on any atom is -0.289 e. The standard InChI is InChI=1S/C24H8Cl2N2O6S/c25-20-13(27(31)32)7-11-16-12(8-14(28(33)34)21(26)19(16)20)22(29)18(11)24-23(30)17-10-4-2-1-3-9(10)5-6-15(17)35-24/h1-8H/b24-18+. The highest BCUT2D eigenvalue weighted by Gasteiger charge is 2.33. The molecule has 11 heteroatoms. The lowest BCUT2D eigenvalue weighted by Crippen LogP contribution is -2.23. The van der Waals surface area contributed by atoms with Crippen molar-refractivity contribution in [3.8, 4) is 0 Å². The monoisotopic (exact) mass is 522 g/mol. The van der Waals surface area contributed by atoms with Gasteiger partial charge in [0, 0.05) is 49.4 Å². The molecular weight excluding hydrogens is 515 g/mol. The lowest BCUT2D eigenvalue weighted by Gasteiger charge is -2.06. The number of ketones is 1. The second-order valence-corrected chi connectivity index (χ2v) is 9.71. The van der Waals surface area contributed by atoms with E-state index in [0.29, 0.717) is 15.8 Å². The van der Waals surface area contributed by atoms with Gasteiger partial charge in [0.2, 0.25) is 5.78 Å². The number of benzene rings is 4. The van der Waals surface area contributed by atoms with E-state index in [2.05, 4.69) is 0 Å². The first-order chi connectivity index (χ1) is 16.7. The molecular formula is C24H8Cl2N2O6S. The van der Waals surface area contributed by atoms with Crippen LogP contribution in [0.5, 0.6) is 0 Å². The van der Waals surface area contributed by atoms with E-state index in [-0.39, 0.29) is 31.7 Å². The van der Waals surface area contributed by atoms with Crippen molar-refractivity contribution in [3.05, 3.63) is 99.8 Å². The summed E-state index contributed by atoms with van der Waals surface area (Å²) < 4.78 is 0. The number of hydrogen-bond acceptors (Lipinski definition) is 7. The Morgan fingerprint density at radius 2 is 1.40 bits per heavy atom. The molecule has 0 saturated heterocycles. The van der Waals surface area contributed by atoms with Crippen molar-refractivity contribution in [1.29, 1.82) is 0 Å². The molecule has 1 aliphatic heterocycles. The Labute approximate surface area is 208 Å². The molecule has 0 bridgehead atoms. The van der Waals surface area contributed by atoms with Gasteiger partial charge in [-0.1, -0.05) is 65.3 Å². The highest BCUT2D eigenvalue weighted by molar-refractivity contribution is 8.10. The highest BCUT2D eigenvalue weighted by Crippen LogP contribution is 2.47. The van der Waals surface area contributed by atoms with E-state index in [1.54, 1.807) is 18.2 Å². The summed E-state index contributed by atoms with van der Waals surface area (Å²) in [5.41, 5.74) is -1.41. The molecule has 0 aromatic heterocycles. The molecule has 0 N–H and O–H groups in total. The van der Waals surface area contributed by atoms with E-state index in [9.17, 15) is 29.8 Å². The van der Waals surface area contributed by atoms with Crippen LogP contribution < -0.4 is 10.6 Å². The molecule has 35 heavy (non-hydrogen) atoms.